The van der Waals surface area contributed by atoms with Crippen LogP contribution in [0.2, 0.25) is 0 Å². The van der Waals surface area contributed by atoms with Crippen molar-refractivity contribution in [2.75, 3.05) is 18.2 Å². The van der Waals surface area contributed by atoms with Crippen molar-refractivity contribution in [3.05, 3.63) is 33.5 Å². The van der Waals surface area contributed by atoms with Gasteiger partial charge in [-0.25, -0.2) is 4.79 Å². The summed E-state index contributed by atoms with van der Waals surface area (Å²) in [5.74, 6) is 0.443. The summed E-state index contributed by atoms with van der Waals surface area (Å²) < 4.78 is 7.11. The van der Waals surface area contributed by atoms with Gasteiger partial charge >= 0.3 is 5.97 Å². The van der Waals surface area contributed by atoms with E-state index in [1.165, 1.54) is 41.5 Å². The van der Waals surface area contributed by atoms with Crippen molar-refractivity contribution >= 4 is 51.3 Å². The fraction of sp³-hybridized carbons (Fsp3) is 0.478. The van der Waals surface area contributed by atoms with Crippen molar-refractivity contribution in [2.45, 2.75) is 63.6 Å². The van der Waals surface area contributed by atoms with Crippen molar-refractivity contribution in [3.8, 4) is 10.7 Å². The molecule has 1 N–H and O–H groups in total. The van der Waals surface area contributed by atoms with Crippen molar-refractivity contribution in [3.63, 3.8) is 0 Å². The predicted molar refractivity (Wildman–Crippen MR) is 135 cm³/mol. The van der Waals surface area contributed by atoms with Crippen molar-refractivity contribution in [1.29, 1.82) is 0 Å². The minimum absolute atomic E-state index is 0.158. The number of hydrogen-bond donors (Lipinski definition) is 1. The summed E-state index contributed by atoms with van der Waals surface area (Å²) in [5.41, 5.74) is 1.58. The number of thioether (sulfide) groups is 1. The van der Waals surface area contributed by atoms with Crippen LogP contribution in [-0.4, -0.2) is 39.5 Å². The lowest BCUT2D eigenvalue weighted by atomic mass is 9.96. The van der Waals surface area contributed by atoms with Crippen molar-refractivity contribution in [2.24, 2.45) is 0 Å². The molecule has 0 atom stereocenters. The van der Waals surface area contributed by atoms with E-state index in [-0.39, 0.29) is 23.7 Å². The molecule has 0 fully saturated rings. The number of aryl methyl sites for hydroxylation is 1. The molecule has 33 heavy (non-hydrogen) atoms. The van der Waals surface area contributed by atoms with Gasteiger partial charge in [0.15, 0.2) is 11.0 Å². The number of methoxy groups -OCH3 is 1. The second-order valence-corrected chi connectivity index (χ2v) is 11.2. The fourth-order valence-electron chi connectivity index (χ4n) is 4.03. The molecule has 10 heteroatoms. The zero-order valence-electron chi connectivity index (χ0n) is 19.1. The largest absolute Gasteiger partial charge is 0.465 e. The van der Waals surface area contributed by atoms with E-state index in [2.05, 4.69) is 33.9 Å². The number of rotatable bonds is 7. The first-order chi connectivity index (χ1) is 16.0. The van der Waals surface area contributed by atoms with Crippen LogP contribution < -0.4 is 5.32 Å². The third-order valence-corrected chi connectivity index (χ3v) is 8.58. The van der Waals surface area contributed by atoms with Crippen LogP contribution in [0.3, 0.4) is 0 Å². The Morgan fingerprint density at radius 3 is 2.70 bits per heavy atom. The molecule has 0 saturated carbocycles. The second-order valence-electron chi connectivity index (χ2n) is 8.20. The number of carbonyl (C=O) groups excluding carboxylic acids is 2. The summed E-state index contributed by atoms with van der Waals surface area (Å²) >= 11 is 4.48. The smallest absolute Gasteiger partial charge is 0.341 e. The lowest BCUT2D eigenvalue weighted by Gasteiger charge is -2.13. The Balaban J connectivity index is 1.51. The third-order valence-electron chi connectivity index (χ3n) is 5.57. The van der Waals surface area contributed by atoms with Crippen LogP contribution in [0, 0.1) is 0 Å². The molecule has 1 aliphatic carbocycles. The highest BCUT2D eigenvalue weighted by molar-refractivity contribution is 7.99. The van der Waals surface area contributed by atoms with Gasteiger partial charge in [-0.2, -0.15) is 0 Å². The number of ether oxygens (including phenoxy) is 1. The first-order valence-electron chi connectivity index (χ1n) is 11.1. The third kappa shape index (κ3) is 5.33. The molecule has 3 aromatic heterocycles. The van der Waals surface area contributed by atoms with Gasteiger partial charge in [-0.15, -0.1) is 32.9 Å². The topological polar surface area (TPSA) is 86.1 Å². The van der Waals surface area contributed by atoms with Crippen LogP contribution in [0.5, 0.6) is 0 Å². The lowest BCUT2D eigenvalue weighted by Crippen LogP contribution is -2.17. The van der Waals surface area contributed by atoms with Crippen LogP contribution in [0.4, 0.5) is 5.00 Å². The van der Waals surface area contributed by atoms with E-state index < -0.39 is 0 Å². The minimum atomic E-state index is -0.379. The van der Waals surface area contributed by atoms with Gasteiger partial charge in [0.05, 0.1) is 23.3 Å². The summed E-state index contributed by atoms with van der Waals surface area (Å²) in [6.45, 7) is 4.16. The number of nitrogens with zero attached hydrogens (tertiary/aromatic N) is 3. The molecule has 3 aromatic rings. The number of nitrogens with one attached hydrogen (secondary N) is 1. The second kappa shape index (κ2) is 10.8. The van der Waals surface area contributed by atoms with Gasteiger partial charge in [-0.1, -0.05) is 30.7 Å². The molecule has 1 amide bonds. The van der Waals surface area contributed by atoms with Crippen LogP contribution in [0.15, 0.2) is 22.7 Å². The molecule has 0 radical (unpaired) electrons. The van der Waals surface area contributed by atoms with Crippen LogP contribution in [0.1, 0.15) is 66.4 Å². The van der Waals surface area contributed by atoms with Crippen LogP contribution >= 0.6 is 34.4 Å². The molecule has 4 rings (SSSR count). The van der Waals surface area contributed by atoms with E-state index in [0.717, 1.165) is 48.4 Å². The quantitative estimate of drug-likeness (QED) is 0.322. The van der Waals surface area contributed by atoms with E-state index >= 15 is 0 Å². The number of thiophene rings is 2. The Kier molecular flexibility index (Phi) is 7.87. The van der Waals surface area contributed by atoms with Gasteiger partial charge < -0.3 is 10.1 Å². The Morgan fingerprint density at radius 1 is 1.21 bits per heavy atom. The van der Waals surface area contributed by atoms with E-state index in [1.807, 2.05) is 17.5 Å². The average molecular weight is 505 g/mol. The lowest BCUT2D eigenvalue weighted by molar-refractivity contribution is -0.113. The fourth-order valence-corrected chi connectivity index (χ4v) is 6.90. The molecule has 0 bridgehead atoms. The Hall–Kier alpha value is -2.17. The molecule has 0 aliphatic heterocycles. The summed E-state index contributed by atoms with van der Waals surface area (Å²) in [4.78, 5) is 27.7. The van der Waals surface area contributed by atoms with Crippen LogP contribution in [0.25, 0.3) is 10.7 Å². The van der Waals surface area contributed by atoms with Gasteiger partial charge in [-0.3, -0.25) is 9.36 Å². The number of aromatic nitrogens is 3. The maximum absolute atomic E-state index is 12.9. The number of hydrogen-bond acceptors (Lipinski definition) is 8. The highest BCUT2D eigenvalue weighted by Gasteiger charge is 2.26. The number of carbonyl (C=O) groups is 2. The number of esters is 1. The molecular weight excluding hydrogens is 476 g/mol. The average Bonchev–Trinajstić information content (AvgIpc) is 3.50. The molecule has 0 spiro atoms. The van der Waals surface area contributed by atoms with E-state index in [9.17, 15) is 9.59 Å². The Labute approximate surface area is 206 Å². The van der Waals surface area contributed by atoms with Gasteiger partial charge in [0.25, 0.3) is 0 Å². The van der Waals surface area contributed by atoms with E-state index in [0.29, 0.717) is 15.7 Å². The molecule has 1 aliphatic rings. The van der Waals surface area contributed by atoms with Gasteiger partial charge in [-0.05, 0) is 56.5 Å². The highest BCUT2D eigenvalue weighted by Crippen LogP contribution is 2.38. The SMILES string of the molecule is COC(=O)c1c(NC(=O)CSc2nnc(-c3cccs3)n2C(C)C)sc2c1CCCCCC2. The number of anilines is 1. The summed E-state index contributed by atoms with van der Waals surface area (Å²) in [6, 6.07) is 4.17. The molecular formula is C23H28N4O3S3. The molecule has 0 aromatic carbocycles. The van der Waals surface area contributed by atoms with E-state index in [4.69, 9.17) is 4.74 Å². The molecule has 0 unspecified atom stereocenters. The maximum Gasteiger partial charge on any atom is 0.341 e. The first-order valence-corrected chi connectivity index (χ1v) is 13.8. The minimum Gasteiger partial charge on any atom is -0.465 e. The predicted octanol–water partition coefficient (Wildman–Crippen LogP) is 5.83. The normalized spacial score (nSPS) is 13.9. The maximum atomic E-state index is 12.9. The Morgan fingerprint density at radius 2 is 2.00 bits per heavy atom. The van der Waals surface area contributed by atoms with Gasteiger partial charge in [0, 0.05) is 10.9 Å². The molecule has 3 heterocycles. The summed E-state index contributed by atoms with van der Waals surface area (Å²) in [7, 11) is 1.39. The van der Waals surface area contributed by atoms with Crippen LogP contribution in [-0.2, 0) is 22.4 Å². The standard InChI is InChI=1S/C23H28N4O3S3/c1-14(2)27-20(17-11-8-12-31-17)25-26-23(27)32-13-18(28)24-21-19(22(29)30-3)15-9-6-4-5-7-10-16(15)33-21/h8,11-12,14H,4-7,9-10,13H2,1-3H3,(H,24,28). The number of amides is 1. The highest BCUT2D eigenvalue weighted by atomic mass is 32.2. The zero-order valence-corrected chi connectivity index (χ0v) is 21.5. The summed E-state index contributed by atoms with van der Waals surface area (Å²) in [6.07, 6.45) is 6.32. The molecule has 0 saturated heterocycles. The molecule has 176 valence electrons. The first kappa shape index (κ1) is 24.0. The Bertz CT molecular complexity index is 1120. The zero-order chi connectivity index (χ0) is 23.4. The molecule has 7 nitrogen and oxygen atoms in total. The summed E-state index contributed by atoms with van der Waals surface area (Å²) in [5, 5.41) is 15.0. The number of fused-ring (bicyclic) bond motifs is 1. The van der Waals surface area contributed by atoms with Gasteiger partial charge in [0.1, 0.15) is 5.00 Å². The van der Waals surface area contributed by atoms with E-state index in [1.54, 1.807) is 11.3 Å². The van der Waals surface area contributed by atoms with Crippen molar-refractivity contribution < 1.29 is 14.3 Å². The van der Waals surface area contributed by atoms with Crippen molar-refractivity contribution in [1.82, 2.24) is 14.8 Å². The van der Waals surface area contributed by atoms with Gasteiger partial charge in [0.2, 0.25) is 5.91 Å². The monoisotopic (exact) mass is 504 g/mol.